The molecular formula is C20H25N3O4. The number of nitrogens with zero attached hydrogens (tertiary/aromatic N) is 3. The third-order valence-corrected chi connectivity index (χ3v) is 5.18. The second kappa shape index (κ2) is 8.24. The van der Waals surface area contributed by atoms with Gasteiger partial charge in [-0.05, 0) is 36.5 Å². The van der Waals surface area contributed by atoms with Crippen molar-refractivity contribution in [2.75, 3.05) is 20.2 Å². The van der Waals surface area contributed by atoms with Crippen LogP contribution in [0.5, 0.6) is 5.75 Å². The van der Waals surface area contributed by atoms with E-state index < -0.39 is 5.97 Å². The van der Waals surface area contributed by atoms with Crippen LogP contribution in [0.2, 0.25) is 0 Å². The van der Waals surface area contributed by atoms with Crippen molar-refractivity contribution in [3.63, 3.8) is 0 Å². The topological polar surface area (TPSA) is 84.7 Å². The fourth-order valence-electron chi connectivity index (χ4n) is 3.48. The first-order chi connectivity index (χ1) is 13.0. The van der Waals surface area contributed by atoms with E-state index in [-0.39, 0.29) is 23.4 Å². The summed E-state index contributed by atoms with van der Waals surface area (Å²) in [7, 11) is 1.64. The average molecular weight is 371 g/mol. The van der Waals surface area contributed by atoms with Gasteiger partial charge in [0.05, 0.1) is 24.9 Å². The summed E-state index contributed by atoms with van der Waals surface area (Å²) in [6.45, 7) is 3.38. The molecule has 27 heavy (non-hydrogen) atoms. The van der Waals surface area contributed by atoms with E-state index in [1.807, 2.05) is 29.2 Å². The zero-order chi connectivity index (χ0) is 19.4. The van der Waals surface area contributed by atoms with Gasteiger partial charge in [-0.15, -0.1) is 0 Å². The Kier molecular flexibility index (Phi) is 5.78. The summed E-state index contributed by atoms with van der Waals surface area (Å²) in [6.07, 6.45) is 4.95. The summed E-state index contributed by atoms with van der Waals surface area (Å²) in [4.78, 5) is 25.5. The molecule has 7 heteroatoms. The van der Waals surface area contributed by atoms with E-state index in [9.17, 15) is 9.59 Å². The van der Waals surface area contributed by atoms with Crippen molar-refractivity contribution in [1.82, 2.24) is 14.7 Å². The molecule has 7 nitrogen and oxygen atoms in total. The quantitative estimate of drug-likeness (QED) is 0.844. The van der Waals surface area contributed by atoms with Crippen LogP contribution < -0.4 is 4.74 Å². The van der Waals surface area contributed by atoms with E-state index in [0.29, 0.717) is 19.5 Å². The minimum atomic E-state index is -0.972. The number of rotatable bonds is 6. The number of likely N-dealkylation sites (tertiary alicyclic amines) is 1. The van der Waals surface area contributed by atoms with Crippen molar-refractivity contribution in [2.24, 2.45) is 0 Å². The molecule has 1 aliphatic heterocycles. The van der Waals surface area contributed by atoms with E-state index in [0.717, 1.165) is 24.2 Å². The number of hydrogen-bond donors (Lipinski definition) is 1. The van der Waals surface area contributed by atoms with E-state index in [4.69, 9.17) is 9.84 Å². The van der Waals surface area contributed by atoms with E-state index in [2.05, 4.69) is 12.0 Å². The lowest BCUT2D eigenvalue weighted by Crippen LogP contribution is -2.39. The van der Waals surface area contributed by atoms with Crippen LogP contribution in [-0.2, 0) is 4.79 Å². The molecule has 1 saturated heterocycles. The van der Waals surface area contributed by atoms with Crippen molar-refractivity contribution in [1.29, 1.82) is 0 Å². The van der Waals surface area contributed by atoms with Crippen LogP contribution in [0.3, 0.4) is 0 Å². The zero-order valence-corrected chi connectivity index (χ0v) is 15.7. The molecular weight excluding hydrogens is 346 g/mol. The largest absolute Gasteiger partial charge is 0.497 e. The van der Waals surface area contributed by atoms with E-state index in [1.54, 1.807) is 18.0 Å². The maximum Gasteiger partial charge on any atom is 0.338 e. The Morgan fingerprint density at radius 3 is 2.70 bits per heavy atom. The highest BCUT2D eigenvalue weighted by molar-refractivity contribution is 5.86. The number of carbonyl (C=O) groups excluding carboxylic acids is 1. The molecule has 1 amide bonds. The highest BCUT2D eigenvalue weighted by Crippen LogP contribution is 2.26. The average Bonchev–Trinajstić information content (AvgIpc) is 3.18. The molecule has 2 heterocycles. The number of piperidine rings is 1. The maximum absolute atomic E-state index is 12.7. The number of carboxylic acid groups (broad SMARTS) is 1. The summed E-state index contributed by atoms with van der Waals surface area (Å²) in [6, 6.07) is 7.97. The van der Waals surface area contributed by atoms with Crippen LogP contribution in [0.1, 0.15) is 54.1 Å². The van der Waals surface area contributed by atoms with Crippen molar-refractivity contribution >= 4 is 11.9 Å². The lowest BCUT2D eigenvalue weighted by Gasteiger charge is -2.32. The Bertz CT molecular complexity index is 809. The summed E-state index contributed by atoms with van der Waals surface area (Å²) in [5, 5.41) is 13.2. The summed E-state index contributed by atoms with van der Waals surface area (Å²) >= 11 is 0. The molecule has 1 N–H and O–H groups in total. The van der Waals surface area contributed by atoms with Crippen LogP contribution in [-0.4, -0.2) is 51.9 Å². The lowest BCUT2D eigenvalue weighted by molar-refractivity contribution is -0.132. The lowest BCUT2D eigenvalue weighted by atomic mass is 9.96. The zero-order valence-electron chi connectivity index (χ0n) is 15.7. The van der Waals surface area contributed by atoms with Gasteiger partial charge in [0, 0.05) is 25.7 Å². The minimum Gasteiger partial charge on any atom is -0.497 e. The summed E-state index contributed by atoms with van der Waals surface area (Å²) < 4.78 is 6.97. The van der Waals surface area contributed by atoms with Crippen LogP contribution in [0.15, 0.2) is 36.7 Å². The molecule has 0 spiro atoms. The number of amides is 1. The summed E-state index contributed by atoms with van der Waals surface area (Å²) in [5.41, 5.74) is 1.29. The van der Waals surface area contributed by atoms with Gasteiger partial charge in [-0.3, -0.25) is 9.48 Å². The van der Waals surface area contributed by atoms with Gasteiger partial charge in [-0.1, -0.05) is 19.1 Å². The van der Waals surface area contributed by atoms with Gasteiger partial charge in [-0.25, -0.2) is 4.79 Å². The molecule has 1 unspecified atom stereocenters. The van der Waals surface area contributed by atoms with Gasteiger partial charge in [0.2, 0.25) is 5.91 Å². The van der Waals surface area contributed by atoms with Crippen molar-refractivity contribution < 1.29 is 19.4 Å². The van der Waals surface area contributed by atoms with Crippen LogP contribution in [0.4, 0.5) is 0 Å². The molecule has 1 aromatic heterocycles. The number of carboxylic acids is 1. The first-order valence-corrected chi connectivity index (χ1v) is 9.17. The van der Waals surface area contributed by atoms with Gasteiger partial charge < -0.3 is 14.7 Å². The van der Waals surface area contributed by atoms with Crippen LogP contribution in [0, 0.1) is 0 Å². The predicted molar refractivity (Wildman–Crippen MR) is 100 cm³/mol. The molecule has 0 aliphatic carbocycles. The Morgan fingerprint density at radius 1 is 1.33 bits per heavy atom. The maximum atomic E-state index is 12.7. The van der Waals surface area contributed by atoms with Gasteiger partial charge in [0.25, 0.3) is 0 Å². The molecule has 1 fully saturated rings. The molecule has 144 valence electrons. The number of ether oxygens (including phenoxy) is 1. The first-order valence-electron chi connectivity index (χ1n) is 9.17. The first kappa shape index (κ1) is 18.9. The second-order valence-electron chi connectivity index (χ2n) is 7.01. The molecule has 1 aliphatic rings. The Balaban J connectivity index is 1.54. The number of hydrogen-bond acceptors (Lipinski definition) is 4. The fourth-order valence-corrected chi connectivity index (χ4v) is 3.48. The number of aromatic carboxylic acids is 1. The highest BCUT2D eigenvalue weighted by Gasteiger charge is 2.26. The predicted octanol–water partition coefficient (Wildman–Crippen LogP) is 2.95. The molecule has 3 rings (SSSR count). The Morgan fingerprint density at radius 2 is 2.07 bits per heavy atom. The van der Waals surface area contributed by atoms with Crippen molar-refractivity contribution in [2.45, 2.75) is 38.1 Å². The number of methoxy groups -OCH3 is 1. The SMILES string of the molecule is COc1cccc(C(C)CC(=O)N2CCC(n3cc(C(=O)O)cn3)CC2)c1. The van der Waals surface area contributed by atoms with Gasteiger partial charge in [-0.2, -0.15) is 5.10 Å². The Labute approximate surface area is 158 Å². The number of carbonyl (C=O) groups is 2. The van der Waals surface area contributed by atoms with Crippen LogP contribution >= 0.6 is 0 Å². The highest BCUT2D eigenvalue weighted by atomic mass is 16.5. The fraction of sp³-hybridized carbons (Fsp3) is 0.450. The van der Waals surface area contributed by atoms with Crippen LogP contribution in [0.25, 0.3) is 0 Å². The third kappa shape index (κ3) is 4.48. The smallest absolute Gasteiger partial charge is 0.338 e. The van der Waals surface area contributed by atoms with Crippen molar-refractivity contribution in [3.05, 3.63) is 47.8 Å². The van der Waals surface area contributed by atoms with Gasteiger partial charge in [0.15, 0.2) is 0 Å². The molecule has 1 aromatic carbocycles. The van der Waals surface area contributed by atoms with Gasteiger partial charge >= 0.3 is 5.97 Å². The molecule has 1 atom stereocenters. The summed E-state index contributed by atoms with van der Waals surface area (Å²) in [5.74, 6) is 0.0954. The number of aromatic nitrogens is 2. The molecule has 0 saturated carbocycles. The second-order valence-corrected chi connectivity index (χ2v) is 7.01. The molecule has 2 aromatic rings. The van der Waals surface area contributed by atoms with Gasteiger partial charge in [0.1, 0.15) is 5.75 Å². The number of benzene rings is 1. The normalized spacial score (nSPS) is 16.1. The van der Waals surface area contributed by atoms with Crippen molar-refractivity contribution in [3.8, 4) is 5.75 Å². The molecule has 0 radical (unpaired) electrons. The minimum absolute atomic E-state index is 0.120. The van der Waals surface area contributed by atoms with E-state index in [1.165, 1.54) is 6.20 Å². The monoisotopic (exact) mass is 371 g/mol. The standard InChI is InChI=1S/C20H25N3O4/c1-14(15-4-3-5-18(11-15)27-2)10-19(24)22-8-6-17(7-9-22)23-13-16(12-21-23)20(25)26/h3-5,11-14,17H,6-10H2,1-2H3,(H,25,26). The Hall–Kier alpha value is -2.83. The third-order valence-electron chi connectivity index (χ3n) is 5.18. The molecule has 0 bridgehead atoms. The van der Waals surface area contributed by atoms with E-state index >= 15 is 0 Å².